The summed E-state index contributed by atoms with van der Waals surface area (Å²) in [6.45, 7) is 0. The Hall–Kier alpha value is -2.32. The van der Waals surface area contributed by atoms with E-state index < -0.39 is 17.7 Å². The van der Waals surface area contributed by atoms with Gasteiger partial charge in [0.15, 0.2) is 0 Å². The molecular formula is C16H11Cl2F2N5O. The van der Waals surface area contributed by atoms with Crippen molar-refractivity contribution in [1.82, 2.24) is 20.2 Å². The number of nitrogens with two attached hydrogens (primary N) is 1. The van der Waals surface area contributed by atoms with Gasteiger partial charge in [0.05, 0.1) is 11.3 Å². The highest BCUT2D eigenvalue weighted by Crippen LogP contribution is 2.57. The van der Waals surface area contributed by atoms with Crippen LogP contribution in [0, 0.1) is 0 Å². The zero-order valence-electron chi connectivity index (χ0n) is 13.1. The van der Waals surface area contributed by atoms with Gasteiger partial charge in [0.2, 0.25) is 5.95 Å². The predicted octanol–water partition coefficient (Wildman–Crippen LogP) is 4.43. The molecule has 1 fully saturated rings. The first-order valence-electron chi connectivity index (χ1n) is 7.61. The number of alkyl halides is 2. The summed E-state index contributed by atoms with van der Waals surface area (Å²) in [5.41, 5.74) is 6.82. The molecule has 1 aliphatic carbocycles. The monoisotopic (exact) mass is 397 g/mol. The van der Waals surface area contributed by atoms with Gasteiger partial charge in [0.25, 0.3) is 11.8 Å². The van der Waals surface area contributed by atoms with Crippen molar-refractivity contribution >= 4 is 29.2 Å². The van der Waals surface area contributed by atoms with Crippen LogP contribution in [0.2, 0.25) is 10.0 Å². The number of hydrogen-bond donors (Lipinski definition) is 1. The number of aromatic nitrogens is 4. The number of nitrogens with zero attached hydrogens (tertiary/aromatic N) is 4. The molecule has 3 aromatic rings. The third kappa shape index (κ3) is 2.79. The van der Waals surface area contributed by atoms with Gasteiger partial charge < -0.3 is 10.2 Å². The largest absolute Gasteiger partial charge is 0.415 e. The first-order valence-corrected chi connectivity index (χ1v) is 8.37. The highest BCUT2D eigenvalue weighted by Gasteiger charge is 2.50. The first kappa shape index (κ1) is 17.1. The lowest BCUT2D eigenvalue weighted by molar-refractivity contribution is 0.116. The molecule has 2 aromatic heterocycles. The molecule has 1 aliphatic rings. The van der Waals surface area contributed by atoms with Gasteiger partial charge >= 0.3 is 6.43 Å². The molecule has 10 heteroatoms. The van der Waals surface area contributed by atoms with Gasteiger partial charge in [-0.2, -0.15) is 8.78 Å². The lowest BCUT2D eigenvalue weighted by atomic mass is 9.89. The quantitative estimate of drug-likeness (QED) is 0.699. The average molecular weight is 398 g/mol. The van der Waals surface area contributed by atoms with E-state index in [1.54, 1.807) is 18.2 Å². The third-order valence-electron chi connectivity index (χ3n) is 4.31. The van der Waals surface area contributed by atoms with Gasteiger partial charge in [-0.1, -0.05) is 23.2 Å². The summed E-state index contributed by atoms with van der Waals surface area (Å²) < 4.78 is 30.7. The maximum atomic E-state index is 12.8. The second-order valence-electron chi connectivity index (χ2n) is 5.94. The fourth-order valence-corrected chi connectivity index (χ4v) is 3.44. The van der Waals surface area contributed by atoms with Crippen molar-refractivity contribution in [2.45, 2.75) is 24.7 Å². The molecule has 2 heterocycles. The molecule has 4 rings (SSSR count). The van der Waals surface area contributed by atoms with Crippen LogP contribution in [0.1, 0.15) is 36.4 Å². The predicted molar refractivity (Wildman–Crippen MR) is 91.2 cm³/mol. The Morgan fingerprint density at radius 3 is 2.62 bits per heavy atom. The van der Waals surface area contributed by atoms with Gasteiger partial charge in [-0.05, 0) is 36.6 Å². The van der Waals surface area contributed by atoms with Gasteiger partial charge in [-0.3, -0.25) is 0 Å². The van der Waals surface area contributed by atoms with E-state index in [1.807, 2.05) is 0 Å². The number of nitrogen functional groups attached to an aromatic ring is 1. The molecule has 2 N–H and O–H groups in total. The normalized spacial score (nSPS) is 15.4. The Bertz CT molecular complexity index is 991. The summed E-state index contributed by atoms with van der Waals surface area (Å²) in [6.07, 6.45) is -0.0239. The number of halogens is 4. The van der Waals surface area contributed by atoms with Crippen molar-refractivity contribution < 1.29 is 13.2 Å². The Kier molecular flexibility index (Phi) is 4.04. The number of rotatable bonds is 4. The minimum absolute atomic E-state index is 0.0433. The zero-order valence-corrected chi connectivity index (χ0v) is 14.6. The summed E-state index contributed by atoms with van der Waals surface area (Å²) in [7, 11) is 0. The average Bonchev–Trinajstić information content (AvgIpc) is 3.26. The van der Waals surface area contributed by atoms with Crippen LogP contribution in [-0.2, 0) is 5.41 Å². The molecule has 1 saturated carbocycles. The van der Waals surface area contributed by atoms with E-state index in [-0.39, 0.29) is 11.8 Å². The maximum absolute atomic E-state index is 12.8. The molecule has 0 radical (unpaired) electrons. The number of anilines is 1. The Morgan fingerprint density at radius 1 is 1.19 bits per heavy atom. The van der Waals surface area contributed by atoms with Crippen molar-refractivity contribution in [3.63, 3.8) is 0 Å². The van der Waals surface area contributed by atoms with Crippen LogP contribution in [0.3, 0.4) is 0 Å². The molecule has 0 saturated heterocycles. The Morgan fingerprint density at radius 2 is 1.96 bits per heavy atom. The molecule has 134 valence electrons. The number of hydrogen-bond acceptors (Lipinski definition) is 6. The van der Waals surface area contributed by atoms with Crippen molar-refractivity contribution in [2.24, 2.45) is 0 Å². The molecule has 0 atom stereocenters. The summed E-state index contributed by atoms with van der Waals surface area (Å²) in [6, 6.07) is 5.15. The van der Waals surface area contributed by atoms with Gasteiger partial charge in [-0.15, -0.1) is 10.2 Å². The standard InChI is InChI=1S/C16H11Cl2F2N5O/c17-7-1-2-10(18)9(5-7)16(3-4-16)11-8(6-22-15(21)23-11)13-24-25-14(26-13)12(19)20/h1-2,5-6,12H,3-4H2,(H2,21,22,23). The molecule has 6 nitrogen and oxygen atoms in total. The van der Waals surface area contributed by atoms with Crippen molar-refractivity contribution in [1.29, 1.82) is 0 Å². The topological polar surface area (TPSA) is 90.7 Å². The summed E-state index contributed by atoms with van der Waals surface area (Å²) in [5.74, 6) is -0.824. The van der Waals surface area contributed by atoms with Crippen LogP contribution < -0.4 is 5.73 Å². The van der Waals surface area contributed by atoms with Crippen LogP contribution in [0.25, 0.3) is 11.5 Å². The van der Waals surface area contributed by atoms with Crippen molar-refractivity contribution in [3.05, 3.63) is 51.6 Å². The minimum Gasteiger partial charge on any atom is -0.415 e. The highest BCUT2D eigenvalue weighted by molar-refractivity contribution is 6.33. The maximum Gasteiger partial charge on any atom is 0.314 e. The molecule has 0 spiro atoms. The molecule has 26 heavy (non-hydrogen) atoms. The SMILES string of the molecule is Nc1ncc(-c2nnc(C(F)F)o2)c(C2(c3cc(Cl)ccc3Cl)CC2)n1. The molecule has 0 unspecified atom stereocenters. The van der Waals surface area contributed by atoms with Crippen molar-refractivity contribution in [2.75, 3.05) is 5.73 Å². The molecule has 0 amide bonds. The second-order valence-corrected chi connectivity index (χ2v) is 6.79. The lowest BCUT2D eigenvalue weighted by Crippen LogP contribution is -2.15. The molecule has 0 bridgehead atoms. The second kappa shape index (κ2) is 6.14. The Labute approximate surface area is 156 Å². The van der Waals surface area contributed by atoms with Crippen LogP contribution >= 0.6 is 23.2 Å². The van der Waals surface area contributed by atoms with E-state index in [0.29, 0.717) is 21.3 Å². The smallest absolute Gasteiger partial charge is 0.314 e. The molecular weight excluding hydrogens is 387 g/mol. The van der Waals surface area contributed by atoms with Gasteiger partial charge in [-0.25, -0.2) is 9.97 Å². The van der Waals surface area contributed by atoms with Crippen LogP contribution in [-0.4, -0.2) is 20.2 Å². The zero-order chi connectivity index (χ0) is 18.5. The van der Waals surface area contributed by atoms with E-state index in [0.717, 1.165) is 18.4 Å². The minimum atomic E-state index is -2.87. The summed E-state index contributed by atoms with van der Waals surface area (Å²) in [5, 5.41) is 8.11. The first-order chi connectivity index (χ1) is 12.4. The van der Waals surface area contributed by atoms with Crippen molar-refractivity contribution in [3.8, 4) is 11.5 Å². The fourth-order valence-electron chi connectivity index (χ4n) is 2.97. The molecule has 0 aliphatic heterocycles. The number of benzene rings is 1. The van der Waals surface area contributed by atoms with E-state index in [4.69, 9.17) is 33.4 Å². The van der Waals surface area contributed by atoms with Crippen LogP contribution in [0.4, 0.5) is 14.7 Å². The fraction of sp³-hybridized carbons (Fsp3) is 0.250. The summed E-state index contributed by atoms with van der Waals surface area (Å²) >= 11 is 12.5. The van der Waals surface area contributed by atoms with Crippen LogP contribution in [0.15, 0.2) is 28.8 Å². The summed E-state index contributed by atoms with van der Waals surface area (Å²) in [4.78, 5) is 8.27. The van der Waals surface area contributed by atoms with Gasteiger partial charge in [0.1, 0.15) is 0 Å². The lowest BCUT2D eigenvalue weighted by Gasteiger charge is -2.19. The van der Waals surface area contributed by atoms with E-state index in [1.165, 1.54) is 6.20 Å². The van der Waals surface area contributed by atoms with E-state index >= 15 is 0 Å². The highest BCUT2D eigenvalue weighted by atomic mass is 35.5. The third-order valence-corrected chi connectivity index (χ3v) is 4.88. The molecule has 1 aromatic carbocycles. The Balaban J connectivity index is 1.88. The van der Waals surface area contributed by atoms with Gasteiger partial charge in [0, 0.05) is 21.7 Å². The van der Waals surface area contributed by atoms with Crippen LogP contribution in [0.5, 0.6) is 0 Å². The van der Waals surface area contributed by atoms with E-state index in [9.17, 15) is 8.78 Å². The van der Waals surface area contributed by atoms with E-state index in [2.05, 4.69) is 20.2 Å².